The van der Waals surface area contributed by atoms with Crippen molar-refractivity contribution < 1.29 is 19.0 Å². The van der Waals surface area contributed by atoms with Crippen molar-refractivity contribution in [2.75, 3.05) is 33.4 Å². The molecule has 0 N–H and O–H groups in total. The van der Waals surface area contributed by atoms with Gasteiger partial charge in [0.2, 0.25) is 0 Å². The molecule has 2 rings (SSSR count). The Morgan fingerprint density at radius 2 is 1.83 bits per heavy atom. The normalized spacial score (nSPS) is 21.9. The first-order valence-electron chi connectivity index (χ1n) is 8.27. The van der Waals surface area contributed by atoms with Crippen molar-refractivity contribution in [2.45, 2.75) is 38.9 Å². The molecule has 128 valence electrons. The SMILES string of the molecule is COC(=O)c1ccc(OCCCCN2C[C@@H](C)O[C@@H](C)C2)cc1. The molecule has 0 spiro atoms. The summed E-state index contributed by atoms with van der Waals surface area (Å²) in [5, 5.41) is 0. The van der Waals surface area contributed by atoms with E-state index >= 15 is 0 Å². The standard InChI is InChI=1S/C18H27NO4/c1-14-12-19(13-15(2)23-14)10-4-5-11-22-17-8-6-16(7-9-17)18(20)21-3/h6-9,14-15H,4-5,10-13H2,1-3H3/t14-,15+. The number of nitrogens with zero attached hydrogens (tertiary/aromatic N) is 1. The van der Waals surface area contributed by atoms with Gasteiger partial charge in [-0.3, -0.25) is 4.90 Å². The number of carbonyl (C=O) groups is 1. The first kappa shape index (κ1) is 17.8. The van der Waals surface area contributed by atoms with Crippen LogP contribution in [0.2, 0.25) is 0 Å². The number of esters is 1. The minimum absolute atomic E-state index is 0.323. The first-order valence-corrected chi connectivity index (χ1v) is 8.27. The van der Waals surface area contributed by atoms with Crippen LogP contribution in [-0.4, -0.2) is 56.4 Å². The van der Waals surface area contributed by atoms with Crippen molar-refractivity contribution in [2.24, 2.45) is 0 Å². The fourth-order valence-electron chi connectivity index (χ4n) is 2.90. The minimum Gasteiger partial charge on any atom is -0.494 e. The van der Waals surface area contributed by atoms with E-state index in [1.54, 1.807) is 24.3 Å². The van der Waals surface area contributed by atoms with Crippen LogP contribution >= 0.6 is 0 Å². The van der Waals surface area contributed by atoms with Crippen molar-refractivity contribution >= 4 is 5.97 Å². The molecular weight excluding hydrogens is 294 g/mol. The molecule has 23 heavy (non-hydrogen) atoms. The largest absolute Gasteiger partial charge is 0.494 e. The van der Waals surface area contributed by atoms with E-state index in [1.807, 2.05) is 0 Å². The maximum absolute atomic E-state index is 11.3. The minimum atomic E-state index is -0.328. The molecule has 0 saturated carbocycles. The van der Waals surface area contributed by atoms with Crippen molar-refractivity contribution in [1.29, 1.82) is 0 Å². The molecule has 0 radical (unpaired) electrons. The molecular formula is C18H27NO4. The van der Waals surface area contributed by atoms with Gasteiger partial charge in [-0.15, -0.1) is 0 Å². The monoisotopic (exact) mass is 321 g/mol. The molecule has 0 aromatic heterocycles. The Labute approximate surface area is 138 Å². The molecule has 0 aliphatic carbocycles. The van der Waals surface area contributed by atoms with E-state index in [1.165, 1.54) is 7.11 Å². The summed E-state index contributed by atoms with van der Waals surface area (Å²) >= 11 is 0. The average molecular weight is 321 g/mol. The van der Waals surface area contributed by atoms with E-state index in [2.05, 4.69) is 23.5 Å². The lowest BCUT2D eigenvalue weighted by Gasteiger charge is -2.35. The third-order valence-corrected chi connectivity index (χ3v) is 3.91. The second-order valence-corrected chi connectivity index (χ2v) is 6.09. The van der Waals surface area contributed by atoms with Gasteiger partial charge in [-0.05, 0) is 57.5 Å². The highest BCUT2D eigenvalue weighted by atomic mass is 16.5. The van der Waals surface area contributed by atoms with Crippen LogP contribution < -0.4 is 4.74 Å². The van der Waals surface area contributed by atoms with Gasteiger partial charge >= 0.3 is 5.97 Å². The van der Waals surface area contributed by atoms with E-state index in [9.17, 15) is 4.79 Å². The Hall–Kier alpha value is -1.59. The highest BCUT2D eigenvalue weighted by Gasteiger charge is 2.21. The number of benzene rings is 1. The lowest BCUT2D eigenvalue weighted by Crippen LogP contribution is -2.45. The number of morpholine rings is 1. The number of rotatable bonds is 7. The average Bonchev–Trinajstić information content (AvgIpc) is 2.53. The zero-order chi connectivity index (χ0) is 16.7. The summed E-state index contributed by atoms with van der Waals surface area (Å²) in [6.45, 7) is 8.06. The molecule has 0 bridgehead atoms. The van der Waals surface area contributed by atoms with Crippen molar-refractivity contribution in [3.8, 4) is 5.75 Å². The van der Waals surface area contributed by atoms with Crippen LogP contribution in [0.1, 0.15) is 37.0 Å². The highest BCUT2D eigenvalue weighted by molar-refractivity contribution is 5.89. The van der Waals surface area contributed by atoms with E-state index in [-0.39, 0.29) is 5.97 Å². The topological polar surface area (TPSA) is 48.0 Å². The number of hydrogen-bond acceptors (Lipinski definition) is 5. The first-order chi connectivity index (χ1) is 11.1. The Morgan fingerprint density at radius 1 is 1.17 bits per heavy atom. The van der Waals surface area contributed by atoms with Crippen LogP contribution in [0.5, 0.6) is 5.75 Å². The van der Waals surface area contributed by atoms with Crippen LogP contribution in [0.4, 0.5) is 0 Å². The fourth-order valence-corrected chi connectivity index (χ4v) is 2.90. The van der Waals surface area contributed by atoms with Crippen LogP contribution in [-0.2, 0) is 9.47 Å². The summed E-state index contributed by atoms with van der Waals surface area (Å²) < 4.78 is 16.1. The molecule has 2 atom stereocenters. The molecule has 1 aromatic carbocycles. The molecule has 1 aliphatic heterocycles. The maximum Gasteiger partial charge on any atom is 0.337 e. The molecule has 5 nitrogen and oxygen atoms in total. The lowest BCUT2D eigenvalue weighted by atomic mass is 10.2. The molecule has 1 saturated heterocycles. The predicted molar refractivity (Wildman–Crippen MR) is 89.0 cm³/mol. The quantitative estimate of drug-likeness (QED) is 0.571. The van der Waals surface area contributed by atoms with Crippen LogP contribution in [0.3, 0.4) is 0 Å². The molecule has 5 heteroatoms. The highest BCUT2D eigenvalue weighted by Crippen LogP contribution is 2.14. The number of ether oxygens (including phenoxy) is 3. The van der Waals surface area contributed by atoms with Gasteiger partial charge in [-0.2, -0.15) is 0 Å². The summed E-state index contributed by atoms with van der Waals surface area (Å²) in [4.78, 5) is 13.8. The molecule has 0 unspecified atom stereocenters. The number of carbonyl (C=O) groups excluding carboxylic acids is 1. The fraction of sp³-hybridized carbons (Fsp3) is 0.611. The molecule has 1 fully saturated rings. The predicted octanol–water partition coefficient (Wildman–Crippen LogP) is 2.74. The van der Waals surface area contributed by atoms with Gasteiger partial charge < -0.3 is 14.2 Å². The van der Waals surface area contributed by atoms with Gasteiger partial charge in [0.15, 0.2) is 0 Å². The Bertz CT molecular complexity index is 478. The zero-order valence-corrected chi connectivity index (χ0v) is 14.3. The number of unbranched alkanes of at least 4 members (excludes halogenated alkanes) is 1. The summed E-state index contributed by atoms with van der Waals surface area (Å²) in [5.74, 6) is 0.455. The third-order valence-electron chi connectivity index (χ3n) is 3.91. The van der Waals surface area contributed by atoms with E-state index in [4.69, 9.17) is 9.47 Å². The van der Waals surface area contributed by atoms with E-state index < -0.39 is 0 Å². The van der Waals surface area contributed by atoms with Gasteiger partial charge in [-0.25, -0.2) is 4.79 Å². The summed E-state index contributed by atoms with van der Waals surface area (Å²) in [6.07, 6.45) is 2.77. The Kier molecular flexibility index (Phi) is 6.86. The van der Waals surface area contributed by atoms with Gasteiger partial charge in [-0.1, -0.05) is 0 Å². The third kappa shape index (κ3) is 5.84. The van der Waals surface area contributed by atoms with Gasteiger partial charge in [0.1, 0.15) is 5.75 Å². The second kappa shape index (κ2) is 8.89. The number of hydrogen-bond donors (Lipinski definition) is 0. The van der Waals surface area contributed by atoms with E-state index in [0.717, 1.165) is 38.2 Å². The van der Waals surface area contributed by atoms with Gasteiger partial charge in [0.05, 0.1) is 31.5 Å². The molecule has 1 aromatic rings. The molecule has 0 amide bonds. The van der Waals surface area contributed by atoms with Crippen LogP contribution in [0, 0.1) is 0 Å². The van der Waals surface area contributed by atoms with Crippen molar-refractivity contribution in [3.63, 3.8) is 0 Å². The molecule has 1 heterocycles. The van der Waals surface area contributed by atoms with Gasteiger partial charge in [0, 0.05) is 13.1 Å². The summed E-state index contributed by atoms with van der Waals surface area (Å²) in [6, 6.07) is 7.05. The van der Waals surface area contributed by atoms with Crippen molar-refractivity contribution in [1.82, 2.24) is 4.90 Å². The maximum atomic E-state index is 11.3. The Balaban J connectivity index is 1.63. The summed E-state index contributed by atoms with van der Waals surface area (Å²) in [5.41, 5.74) is 0.537. The van der Waals surface area contributed by atoms with Gasteiger partial charge in [0.25, 0.3) is 0 Å². The van der Waals surface area contributed by atoms with E-state index in [0.29, 0.717) is 24.4 Å². The van der Waals surface area contributed by atoms with Crippen molar-refractivity contribution in [3.05, 3.63) is 29.8 Å². The second-order valence-electron chi connectivity index (χ2n) is 6.09. The number of methoxy groups -OCH3 is 1. The zero-order valence-electron chi connectivity index (χ0n) is 14.3. The van der Waals surface area contributed by atoms with Crippen LogP contribution in [0.25, 0.3) is 0 Å². The molecule has 1 aliphatic rings. The summed E-state index contributed by atoms with van der Waals surface area (Å²) in [7, 11) is 1.38. The van der Waals surface area contributed by atoms with Crippen LogP contribution in [0.15, 0.2) is 24.3 Å². The lowest BCUT2D eigenvalue weighted by molar-refractivity contribution is -0.0682. The Morgan fingerprint density at radius 3 is 2.43 bits per heavy atom. The smallest absolute Gasteiger partial charge is 0.337 e.